The predicted octanol–water partition coefficient (Wildman–Crippen LogP) is 4.62. The number of hydrogen-bond acceptors (Lipinski definition) is 3. The molecule has 4 nitrogen and oxygen atoms in total. The van der Waals surface area contributed by atoms with Crippen LogP contribution in [0.25, 0.3) is 0 Å². The van der Waals surface area contributed by atoms with Gasteiger partial charge in [0.1, 0.15) is 12.7 Å². The van der Waals surface area contributed by atoms with Crippen LogP contribution in [0.15, 0.2) is 36.9 Å². The minimum absolute atomic E-state index is 0.0626. The lowest BCUT2D eigenvalue weighted by Crippen LogP contribution is -2.36. The van der Waals surface area contributed by atoms with Crippen molar-refractivity contribution in [3.63, 3.8) is 0 Å². The SMILES string of the molecule is CC(Cc1ccc(C(C)C)cc1)CC(C(O)C(C)(C)C)n1cncn1. The van der Waals surface area contributed by atoms with Gasteiger partial charge in [0.25, 0.3) is 0 Å². The van der Waals surface area contributed by atoms with Crippen molar-refractivity contribution < 1.29 is 5.11 Å². The molecule has 138 valence electrons. The van der Waals surface area contributed by atoms with Gasteiger partial charge >= 0.3 is 0 Å². The van der Waals surface area contributed by atoms with E-state index in [4.69, 9.17) is 0 Å². The number of nitrogens with zero attached hydrogens (tertiary/aromatic N) is 3. The van der Waals surface area contributed by atoms with Gasteiger partial charge in [0.05, 0.1) is 12.1 Å². The van der Waals surface area contributed by atoms with Crippen LogP contribution in [0.4, 0.5) is 0 Å². The molecular weight excluding hydrogens is 310 g/mol. The average molecular weight is 344 g/mol. The molecule has 0 aliphatic rings. The second-order valence-corrected chi connectivity index (χ2v) is 8.69. The molecule has 2 rings (SSSR count). The molecule has 0 saturated heterocycles. The van der Waals surface area contributed by atoms with Crippen molar-refractivity contribution in [2.24, 2.45) is 11.3 Å². The number of rotatable bonds is 7. The topological polar surface area (TPSA) is 50.9 Å². The van der Waals surface area contributed by atoms with Gasteiger partial charge in [-0.05, 0) is 41.2 Å². The fraction of sp³-hybridized carbons (Fsp3) is 0.619. The highest BCUT2D eigenvalue weighted by Gasteiger charge is 2.33. The van der Waals surface area contributed by atoms with Gasteiger partial charge in [-0.3, -0.25) is 0 Å². The predicted molar refractivity (Wildman–Crippen MR) is 103 cm³/mol. The molecule has 0 spiro atoms. The van der Waals surface area contributed by atoms with Crippen molar-refractivity contribution in [1.29, 1.82) is 0 Å². The number of aliphatic hydroxyl groups excluding tert-OH is 1. The van der Waals surface area contributed by atoms with Crippen LogP contribution in [0.2, 0.25) is 0 Å². The van der Waals surface area contributed by atoms with Gasteiger partial charge in [-0.1, -0.05) is 65.8 Å². The molecule has 1 N–H and O–H groups in total. The number of benzene rings is 1. The lowest BCUT2D eigenvalue weighted by Gasteiger charge is -2.34. The normalized spacial score (nSPS) is 16.0. The molecule has 0 radical (unpaired) electrons. The maximum atomic E-state index is 10.8. The lowest BCUT2D eigenvalue weighted by atomic mass is 9.81. The third-order valence-corrected chi connectivity index (χ3v) is 4.90. The molecule has 3 unspecified atom stereocenters. The van der Waals surface area contributed by atoms with Crippen molar-refractivity contribution in [2.75, 3.05) is 0 Å². The van der Waals surface area contributed by atoms with E-state index in [1.165, 1.54) is 17.5 Å². The summed E-state index contributed by atoms with van der Waals surface area (Å²) in [7, 11) is 0. The maximum Gasteiger partial charge on any atom is 0.137 e. The van der Waals surface area contributed by atoms with Crippen molar-refractivity contribution in [2.45, 2.75) is 72.4 Å². The Hall–Kier alpha value is -1.68. The van der Waals surface area contributed by atoms with Crippen LogP contribution in [-0.2, 0) is 6.42 Å². The molecule has 0 aliphatic carbocycles. The smallest absolute Gasteiger partial charge is 0.137 e. The molecule has 25 heavy (non-hydrogen) atoms. The summed E-state index contributed by atoms with van der Waals surface area (Å²) in [5.74, 6) is 1.00. The van der Waals surface area contributed by atoms with Crippen LogP contribution in [0.5, 0.6) is 0 Å². The Morgan fingerprint density at radius 2 is 1.72 bits per heavy atom. The number of aliphatic hydroxyl groups is 1. The molecule has 0 bridgehead atoms. The van der Waals surface area contributed by atoms with Crippen molar-refractivity contribution in [1.82, 2.24) is 14.8 Å². The van der Waals surface area contributed by atoms with E-state index < -0.39 is 6.10 Å². The first-order chi connectivity index (χ1) is 11.7. The number of hydrogen-bond donors (Lipinski definition) is 1. The van der Waals surface area contributed by atoms with E-state index in [0.29, 0.717) is 11.8 Å². The van der Waals surface area contributed by atoms with Crippen LogP contribution in [0.1, 0.15) is 71.0 Å². The van der Waals surface area contributed by atoms with Crippen molar-refractivity contribution in [3.8, 4) is 0 Å². The molecule has 4 heteroatoms. The van der Waals surface area contributed by atoms with Crippen LogP contribution >= 0.6 is 0 Å². The largest absolute Gasteiger partial charge is 0.390 e. The highest BCUT2D eigenvalue weighted by Crippen LogP contribution is 2.32. The fourth-order valence-corrected chi connectivity index (χ4v) is 3.28. The summed E-state index contributed by atoms with van der Waals surface area (Å²) < 4.78 is 1.81. The zero-order chi connectivity index (χ0) is 18.6. The third-order valence-electron chi connectivity index (χ3n) is 4.90. The van der Waals surface area contributed by atoms with Gasteiger partial charge in [-0.2, -0.15) is 5.10 Å². The summed E-state index contributed by atoms with van der Waals surface area (Å²) in [4.78, 5) is 4.07. The van der Waals surface area contributed by atoms with E-state index in [0.717, 1.165) is 12.8 Å². The summed E-state index contributed by atoms with van der Waals surface area (Å²) in [5, 5.41) is 15.1. The highest BCUT2D eigenvalue weighted by molar-refractivity contribution is 5.24. The Kier molecular flexibility index (Phi) is 6.39. The van der Waals surface area contributed by atoms with E-state index in [9.17, 15) is 5.11 Å². The molecule has 2 aromatic rings. The molecule has 0 fully saturated rings. The Bertz CT molecular complexity index is 626. The molecule has 0 amide bonds. The summed E-state index contributed by atoms with van der Waals surface area (Å²) in [6, 6.07) is 8.86. The quantitative estimate of drug-likeness (QED) is 0.798. The van der Waals surface area contributed by atoms with E-state index in [1.54, 1.807) is 6.33 Å². The summed E-state index contributed by atoms with van der Waals surface area (Å²) in [5.41, 5.74) is 2.52. The van der Waals surface area contributed by atoms with Gasteiger partial charge in [-0.25, -0.2) is 9.67 Å². The molecule has 1 heterocycles. The minimum atomic E-state index is -0.472. The second kappa shape index (κ2) is 8.13. The van der Waals surface area contributed by atoms with Gasteiger partial charge in [-0.15, -0.1) is 0 Å². The molecular formula is C21H33N3O. The van der Waals surface area contributed by atoms with Crippen molar-refractivity contribution >= 4 is 0 Å². The molecule has 3 atom stereocenters. The standard InChI is InChI=1S/C21H33N3O/c1-15(2)18-9-7-17(8-10-18)11-16(3)12-19(20(25)21(4,5)6)24-14-22-13-23-24/h7-10,13-16,19-20,25H,11-12H2,1-6H3. The first kappa shape index (κ1) is 19.6. The highest BCUT2D eigenvalue weighted by atomic mass is 16.3. The first-order valence-corrected chi connectivity index (χ1v) is 9.29. The Balaban J connectivity index is 2.07. The Morgan fingerprint density at radius 1 is 1.08 bits per heavy atom. The van der Waals surface area contributed by atoms with Crippen LogP contribution < -0.4 is 0 Å². The van der Waals surface area contributed by atoms with E-state index in [1.807, 2.05) is 4.68 Å². The maximum absolute atomic E-state index is 10.8. The van der Waals surface area contributed by atoms with E-state index in [2.05, 4.69) is 75.9 Å². The van der Waals surface area contributed by atoms with Crippen LogP contribution in [0, 0.1) is 11.3 Å². The van der Waals surface area contributed by atoms with Crippen molar-refractivity contribution in [3.05, 3.63) is 48.0 Å². The zero-order valence-electron chi connectivity index (χ0n) is 16.5. The summed E-state index contributed by atoms with van der Waals surface area (Å²) in [6.45, 7) is 12.9. The fourth-order valence-electron chi connectivity index (χ4n) is 3.28. The summed E-state index contributed by atoms with van der Waals surface area (Å²) in [6.07, 6.45) is 4.65. The minimum Gasteiger partial charge on any atom is -0.390 e. The monoisotopic (exact) mass is 343 g/mol. The second-order valence-electron chi connectivity index (χ2n) is 8.69. The van der Waals surface area contributed by atoms with Gasteiger partial charge in [0.15, 0.2) is 0 Å². The van der Waals surface area contributed by atoms with E-state index >= 15 is 0 Å². The molecule has 0 aliphatic heterocycles. The average Bonchev–Trinajstić information content (AvgIpc) is 3.05. The van der Waals surface area contributed by atoms with Crippen LogP contribution in [0.3, 0.4) is 0 Å². The van der Waals surface area contributed by atoms with Crippen LogP contribution in [-0.4, -0.2) is 26.0 Å². The van der Waals surface area contributed by atoms with Gasteiger partial charge in [0.2, 0.25) is 0 Å². The molecule has 0 saturated carbocycles. The summed E-state index contributed by atoms with van der Waals surface area (Å²) >= 11 is 0. The molecule has 1 aromatic carbocycles. The zero-order valence-corrected chi connectivity index (χ0v) is 16.5. The lowest BCUT2D eigenvalue weighted by molar-refractivity contribution is 0.00439. The Morgan fingerprint density at radius 3 is 2.20 bits per heavy atom. The van der Waals surface area contributed by atoms with Gasteiger partial charge in [0, 0.05) is 0 Å². The van der Waals surface area contributed by atoms with Gasteiger partial charge < -0.3 is 5.11 Å². The third kappa shape index (κ3) is 5.40. The number of aromatic nitrogens is 3. The Labute approximate surface area is 152 Å². The van der Waals surface area contributed by atoms with E-state index in [-0.39, 0.29) is 11.5 Å². The first-order valence-electron chi connectivity index (χ1n) is 9.29. The molecule has 1 aromatic heterocycles.